The molecule has 0 aliphatic rings. The topological polar surface area (TPSA) is 78.0 Å². The van der Waals surface area contributed by atoms with Gasteiger partial charge in [0.05, 0.1) is 27.1 Å². The van der Waals surface area contributed by atoms with Crippen LogP contribution in [0.15, 0.2) is 74.4 Å². The second kappa shape index (κ2) is 9.01. The molecule has 0 saturated heterocycles. The maximum Gasteiger partial charge on any atom is 0.276 e. The van der Waals surface area contributed by atoms with Crippen molar-refractivity contribution in [3.8, 4) is 5.69 Å². The lowest BCUT2D eigenvalue weighted by Gasteiger charge is -2.13. The molecule has 0 N–H and O–H groups in total. The quantitative estimate of drug-likeness (QED) is 0.142. The van der Waals surface area contributed by atoms with E-state index in [1.54, 1.807) is 42.5 Å². The van der Waals surface area contributed by atoms with Crippen LogP contribution in [0.5, 0.6) is 0 Å². The highest BCUT2D eigenvalue weighted by Crippen LogP contribution is 2.27. The van der Waals surface area contributed by atoms with E-state index >= 15 is 0 Å². The average Bonchev–Trinajstić information content (AvgIpc) is 2.75. The van der Waals surface area contributed by atoms with E-state index in [0.717, 1.165) is 8.04 Å². The molecule has 31 heavy (non-hydrogen) atoms. The number of fused-ring (bicyclic) bond motifs is 1. The first kappa shape index (κ1) is 21.8. The van der Waals surface area contributed by atoms with Gasteiger partial charge in [-0.25, -0.2) is 4.98 Å². The van der Waals surface area contributed by atoms with Gasteiger partial charge >= 0.3 is 0 Å². The minimum absolute atomic E-state index is 0.0216. The van der Waals surface area contributed by atoms with E-state index in [2.05, 4.69) is 59.4 Å². The number of halogens is 3. The van der Waals surface area contributed by atoms with Crippen molar-refractivity contribution >= 4 is 83.2 Å². The minimum atomic E-state index is -0.437. The summed E-state index contributed by atoms with van der Waals surface area (Å²) >= 11 is 9.13. The molecule has 0 saturated carbocycles. The summed E-state index contributed by atoms with van der Waals surface area (Å²) in [5.74, 6) is 0.357. The predicted octanol–water partition coefficient (Wildman–Crippen LogP) is 6.59. The first-order valence-electron chi connectivity index (χ1n) is 8.94. The van der Waals surface area contributed by atoms with E-state index in [-0.39, 0.29) is 11.2 Å². The van der Waals surface area contributed by atoms with Gasteiger partial charge in [0.1, 0.15) is 5.82 Å². The smallest absolute Gasteiger partial charge is 0.268 e. The molecule has 6 nitrogen and oxygen atoms in total. The van der Waals surface area contributed by atoms with E-state index in [9.17, 15) is 14.9 Å². The molecule has 0 aliphatic heterocycles. The summed E-state index contributed by atoms with van der Waals surface area (Å²) in [4.78, 5) is 29.1. The molecule has 0 unspecified atom stereocenters. The fraction of sp³-hybridized carbons (Fsp3) is 0. The number of benzene rings is 3. The normalized spacial score (nSPS) is 11.3. The summed E-state index contributed by atoms with van der Waals surface area (Å²) in [6.45, 7) is 0. The Labute approximate surface area is 207 Å². The lowest BCUT2D eigenvalue weighted by Crippen LogP contribution is -2.22. The van der Waals surface area contributed by atoms with E-state index in [4.69, 9.17) is 0 Å². The number of nitrogens with zero attached hydrogens (tertiary/aromatic N) is 3. The van der Waals surface area contributed by atoms with Crippen LogP contribution < -0.4 is 5.56 Å². The van der Waals surface area contributed by atoms with Gasteiger partial charge in [0.25, 0.3) is 11.2 Å². The maximum absolute atomic E-state index is 13.5. The van der Waals surface area contributed by atoms with Crippen molar-refractivity contribution < 1.29 is 4.92 Å². The molecule has 0 atom stereocenters. The average molecular weight is 653 g/mol. The fourth-order valence-corrected chi connectivity index (χ4v) is 4.40. The Morgan fingerprint density at radius 1 is 1.03 bits per heavy atom. The zero-order chi connectivity index (χ0) is 22.1. The Balaban J connectivity index is 2.01. The number of nitro benzene ring substituents is 1. The fourth-order valence-electron chi connectivity index (χ4n) is 3.14. The number of nitro groups is 1. The van der Waals surface area contributed by atoms with Crippen LogP contribution in [-0.2, 0) is 0 Å². The summed E-state index contributed by atoms with van der Waals surface area (Å²) in [5, 5.41) is 11.8. The lowest BCUT2D eigenvalue weighted by molar-refractivity contribution is -0.385. The van der Waals surface area contributed by atoms with Crippen LogP contribution in [0.25, 0.3) is 28.7 Å². The van der Waals surface area contributed by atoms with Gasteiger partial charge < -0.3 is 0 Å². The third-order valence-corrected chi connectivity index (χ3v) is 6.39. The van der Waals surface area contributed by atoms with Crippen molar-refractivity contribution in [3.05, 3.63) is 105 Å². The standard InChI is InChI=1S/C22H12Br2IN3O3/c23-14-6-8-17(24)20(11-14)27-21(10-5-13-3-1-2-4-19(13)28(30)31)26-18-9-7-15(25)12-16(18)22(27)29/h1-12H. The van der Waals surface area contributed by atoms with E-state index in [1.807, 2.05) is 24.3 Å². The number of aromatic nitrogens is 2. The summed E-state index contributed by atoms with van der Waals surface area (Å²) in [5.41, 5.74) is 1.32. The van der Waals surface area contributed by atoms with Gasteiger partial charge in [-0.3, -0.25) is 19.5 Å². The molecule has 4 rings (SSSR count). The van der Waals surface area contributed by atoms with Crippen LogP contribution in [-0.4, -0.2) is 14.5 Å². The molecular weight excluding hydrogens is 641 g/mol. The highest BCUT2D eigenvalue weighted by Gasteiger charge is 2.15. The van der Waals surface area contributed by atoms with Crippen molar-refractivity contribution in [3.63, 3.8) is 0 Å². The van der Waals surface area contributed by atoms with Crippen LogP contribution in [0.4, 0.5) is 5.69 Å². The lowest BCUT2D eigenvalue weighted by atomic mass is 10.1. The van der Waals surface area contributed by atoms with Crippen molar-refractivity contribution in [2.75, 3.05) is 0 Å². The third-order valence-electron chi connectivity index (χ3n) is 4.55. The third kappa shape index (κ3) is 4.48. The van der Waals surface area contributed by atoms with Gasteiger partial charge in [-0.2, -0.15) is 0 Å². The first-order valence-corrected chi connectivity index (χ1v) is 11.6. The molecule has 0 fully saturated rings. The van der Waals surface area contributed by atoms with Crippen LogP contribution in [0.3, 0.4) is 0 Å². The monoisotopic (exact) mass is 651 g/mol. The molecule has 1 aromatic heterocycles. The highest BCUT2D eigenvalue weighted by atomic mass is 127. The molecule has 0 spiro atoms. The van der Waals surface area contributed by atoms with Crippen molar-refractivity contribution in [2.45, 2.75) is 0 Å². The number of para-hydroxylation sites is 1. The molecular formula is C22H12Br2IN3O3. The molecule has 154 valence electrons. The first-order chi connectivity index (χ1) is 14.8. The van der Waals surface area contributed by atoms with Gasteiger partial charge in [-0.1, -0.05) is 28.1 Å². The second-order valence-corrected chi connectivity index (χ2v) is 9.53. The number of hydrogen-bond donors (Lipinski definition) is 0. The Morgan fingerprint density at radius 3 is 2.58 bits per heavy atom. The molecule has 0 bridgehead atoms. The van der Waals surface area contributed by atoms with Gasteiger partial charge in [0, 0.05) is 18.6 Å². The summed E-state index contributed by atoms with van der Waals surface area (Å²) in [6, 6.07) is 17.4. The summed E-state index contributed by atoms with van der Waals surface area (Å²) < 4.78 is 3.93. The number of rotatable bonds is 4. The molecule has 0 aliphatic carbocycles. The van der Waals surface area contributed by atoms with Crippen molar-refractivity contribution in [1.29, 1.82) is 0 Å². The zero-order valence-corrected chi connectivity index (χ0v) is 21.0. The Morgan fingerprint density at radius 2 is 1.81 bits per heavy atom. The van der Waals surface area contributed by atoms with Crippen LogP contribution in [0.1, 0.15) is 11.4 Å². The van der Waals surface area contributed by atoms with Gasteiger partial charge in [0.2, 0.25) is 0 Å². The highest BCUT2D eigenvalue weighted by molar-refractivity contribution is 14.1. The Bertz CT molecular complexity index is 1430. The predicted molar refractivity (Wildman–Crippen MR) is 137 cm³/mol. The molecule has 4 aromatic rings. The zero-order valence-electron chi connectivity index (χ0n) is 15.6. The summed E-state index contributed by atoms with van der Waals surface area (Å²) in [6.07, 6.45) is 3.22. The SMILES string of the molecule is O=c1c2cc(I)ccc2nc(C=Cc2ccccc2[N+](=O)[O-])n1-c1cc(Br)ccc1Br. The van der Waals surface area contributed by atoms with Gasteiger partial charge in [-0.05, 0) is 93.1 Å². The summed E-state index contributed by atoms with van der Waals surface area (Å²) in [7, 11) is 0. The minimum Gasteiger partial charge on any atom is -0.268 e. The van der Waals surface area contributed by atoms with Crippen molar-refractivity contribution in [1.82, 2.24) is 9.55 Å². The van der Waals surface area contributed by atoms with Crippen LogP contribution in [0.2, 0.25) is 0 Å². The Hall–Kier alpha value is -2.37. The van der Waals surface area contributed by atoms with Gasteiger partial charge in [0.15, 0.2) is 0 Å². The molecule has 3 aromatic carbocycles. The van der Waals surface area contributed by atoms with Crippen LogP contribution >= 0.6 is 54.5 Å². The van der Waals surface area contributed by atoms with E-state index in [1.165, 1.54) is 10.6 Å². The largest absolute Gasteiger partial charge is 0.276 e. The molecule has 9 heteroatoms. The second-order valence-electron chi connectivity index (χ2n) is 6.52. The molecule has 0 amide bonds. The van der Waals surface area contributed by atoms with Crippen molar-refractivity contribution in [2.24, 2.45) is 0 Å². The Kier molecular flexibility index (Phi) is 6.35. The van der Waals surface area contributed by atoms with Gasteiger partial charge in [-0.15, -0.1) is 0 Å². The van der Waals surface area contributed by atoms with Crippen LogP contribution in [0, 0.1) is 13.7 Å². The molecule has 1 heterocycles. The van der Waals surface area contributed by atoms with E-state index in [0.29, 0.717) is 32.5 Å². The number of hydrogen-bond acceptors (Lipinski definition) is 4. The van der Waals surface area contributed by atoms with E-state index < -0.39 is 4.92 Å². The maximum atomic E-state index is 13.5. The molecule has 0 radical (unpaired) electrons.